The van der Waals surface area contributed by atoms with Crippen molar-refractivity contribution in [3.63, 3.8) is 0 Å². The molecule has 4 heteroatoms. The van der Waals surface area contributed by atoms with Gasteiger partial charge in [0, 0.05) is 43.9 Å². The Balaban J connectivity index is 1.92. The molecule has 3 nitrogen and oxygen atoms in total. The molecule has 1 N–H and O–H groups in total. The molecule has 122 valence electrons. The van der Waals surface area contributed by atoms with Crippen LogP contribution >= 0.6 is 0 Å². The van der Waals surface area contributed by atoms with Gasteiger partial charge in [0.25, 0.3) is 0 Å². The van der Waals surface area contributed by atoms with Crippen molar-refractivity contribution >= 4 is 0 Å². The number of nitrogens with one attached hydrogen (secondary N) is 1. The zero-order chi connectivity index (χ0) is 15.4. The highest BCUT2D eigenvalue weighted by Gasteiger charge is 2.32. The monoisotopic (exact) mass is 306 g/mol. The molecule has 0 bridgehead atoms. The van der Waals surface area contributed by atoms with Gasteiger partial charge in [-0.25, -0.2) is 4.39 Å². The second-order valence-electron chi connectivity index (χ2n) is 6.52. The van der Waals surface area contributed by atoms with E-state index in [4.69, 9.17) is 4.74 Å². The molecule has 1 saturated heterocycles. The van der Waals surface area contributed by atoms with Crippen LogP contribution in [0.3, 0.4) is 0 Å². The van der Waals surface area contributed by atoms with E-state index in [0.29, 0.717) is 17.7 Å². The molecule has 1 aromatic carbocycles. The van der Waals surface area contributed by atoms with Crippen molar-refractivity contribution in [1.82, 2.24) is 10.2 Å². The lowest BCUT2D eigenvalue weighted by Gasteiger charge is -2.41. The standard InChI is InChI=1S/C18H27FN2O/c1-22-17-13-15(19)7-8-16(17)18(14-5-3-2-4-6-14)21-11-9-20-10-12-21/h7-8,13-14,18,20H,2-6,9-12H2,1H3/t18-/m0/s1. The Morgan fingerprint density at radius 2 is 1.91 bits per heavy atom. The Bertz CT molecular complexity index is 464. The molecule has 1 aromatic rings. The summed E-state index contributed by atoms with van der Waals surface area (Å²) >= 11 is 0. The maximum absolute atomic E-state index is 13.6. The zero-order valence-electron chi connectivity index (χ0n) is 13.5. The summed E-state index contributed by atoms with van der Waals surface area (Å²) in [6.45, 7) is 4.18. The molecule has 2 fully saturated rings. The van der Waals surface area contributed by atoms with Gasteiger partial charge in [0.2, 0.25) is 0 Å². The lowest BCUT2D eigenvalue weighted by molar-refractivity contribution is 0.101. The summed E-state index contributed by atoms with van der Waals surface area (Å²) in [6, 6.07) is 5.41. The van der Waals surface area contributed by atoms with Crippen molar-refractivity contribution in [3.05, 3.63) is 29.6 Å². The van der Waals surface area contributed by atoms with Crippen LogP contribution in [0.25, 0.3) is 0 Å². The SMILES string of the molecule is COc1cc(F)ccc1[C@H](C1CCCCC1)N1CCNCC1. The highest BCUT2D eigenvalue weighted by atomic mass is 19.1. The summed E-state index contributed by atoms with van der Waals surface area (Å²) < 4.78 is 19.1. The second kappa shape index (κ2) is 7.42. The van der Waals surface area contributed by atoms with Gasteiger partial charge in [-0.2, -0.15) is 0 Å². The molecule has 2 aliphatic rings. The van der Waals surface area contributed by atoms with Crippen LogP contribution in [0.1, 0.15) is 43.7 Å². The largest absolute Gasteiger partial charge is 0.496 e. The van der Waals surface area contributed by atoms with Crippen molar-refractivity contribution in [1.29, 1.82) is 0 Å². The Kier molecular flexibility index (Phi) is 5.32. The van der Waals surface area contributed by atoms with Gasteiger partial charge in [-0.05, 0) is 24.8 Å². The van der Waals surface area contributed by atoms with E-state index in [9.17, 15) is 4.39 Å². The topological polar surface area (TPSA) is 24.5 Å². The Hall–Kier alpha value is -1.13. The molecule has 1 aliphatic carbocycles. The minimum absolute atomic E-state index is 0.219. The van der Waals surface area contributed by atoms with Gasteiger partial charge in [-0.1, -0.05) is 25.3 Å². The van der Waals surface area contributed by atoms with E-state index in [1.54, 1.807) is 13.2 Å². The number of piperazine rings is 1. The molecule has 3 rings (SSSR count). The first kappa shape index (κ1) is 15.8. The minimum Gasteiger partial charge on any atom is -0.496 e. The molecule has 0 aromatic heterocycles. The first-order valence-electron chi connectivity index (χ1n) is 8.58. The van der Waals surface area contributed by atoms with Crippen molar-refractivity contribution in [2.75, 3.05) is 33.3 Å². The van der Waals surface area contributed by atoms with Crippen LogP contribution in [0.15, 0.2) is 18.2 Å². The van der Waals surface area contributed by atoms with Gasteiger partial charge >= 0.3 is 0 Å². The molecule has 1 saturated carbocycles. The molecule has 1 atom stereocenters. The summed E-state index contributed by atoms with van der Waals surface area (Å²) in [5.74, 6) is 1.14. The highest BCUT2D eigenvalue weighted by Crippen LogP contribution is 2.41. The van der Waals surface area contributed by atoms with Crippen LogP contribution in [-0.4, -0.2) is 38.2 Å². The van der Waals surface area contributed by atoms with Crippen molar-refractivity contribution in [2.45, 2.75) is 38.1 Å². The molecule has 0 unspecified atom stereocenters. The molecule has 22 heavy (non-hydrogen) atoms. The summed E-state index contributed by atoms with van der Waals surface area (Å²) in [5.41, 5.74) is 1.16. The van der Waals surface area contributed by atoms with Gasteiger partial charge in [0.15, 0.2) is 0 Å². The number of ether oxygens (including phenoxy) is 1. The number of hydrogen-bond acceptors (Lipinski definition) is 3. The second-order valence-corrected chi connectivity index (χ2v) is 6.52. The fourth-order valence-electron chi connectivity index (χ4n) is 4.09. The van der Waals surface area contributed by atoms with E-state index in [0.717, 1.165) is 31.7 Å². The van der Waals surface area contributed by atoms with Crippen LogP contribution < -0.4 is 10.1 Å². The first-order chi connectivity index (χ1) is 10.8. The van der Waals surface area contributed by atoms with Crippen LogP contribution in [0.4, 0.5) is 4.39 Å². The smallest absolute Gasteiger partial charge is 0.126 e. The predicted octanol–water partition coefficient (Wildman–Crippen LogP) is 3.36. The predicted molar refractivity (Wildman–Crippen MR) is 86.7 cm³/mol. The average molecular weight is 306 g/mol. The number of halogens is 1. The molecule has 1 heterocycles. The third-order valence-corrected chi connectivity index (χ3v) is 5.16. The Morgan fingerprint density at radius 1 is 1.18 bits per heavy atom. The molecule has 1 aliphatic heterocycles. The van der Waals surface area contributed by atoms with E-state index in [1.165, 1.54) is 38.2 Å². The quantitative estimate of drug-likeness (QED) is 0.923. The number of nitrogens with zero attached hydrogens (tertiary/aromatic N) is 1. The van der Waals surface area contributed by atoms with Gasteiger partial charge in [-0.15, -0.1) is 0 Å². The van der Waals surface area contributed by atoms with Crippen LogP contribution in [0.5, 0.6) is 5.75 Å². The number of hydrogen-bond donors (Lipinski definition) is 1. The number of methoxy groups -OCH3 is 1. The van der Waals surface area contributed by atoms with E-state index < -0.39 is 0 Å². The van der Waals surface area contributed by atoms with E-state index in [-0.39, 0.29) is 5.82 Å². The number of benzene rings is 1. The molecule has 0 spiro atoms. The van der Waals surface area contributed by atoms with E-state index >= 15 is 0 Å². The van der Waals surface area contributed by atoms with Gasteiger partial charge in [-0.3, -0.25) is 4.90 Å². The van der Waals surface area contributed by atoms with Gasteiger partial charge in [0.1, 0.15) is 11.6 Å². The van der Waals surface area contributed by atoms with Crippen molar-refractivity contribution in [3.8, 4) is 5.75 Å². The maximum Gasteiger partial charge on any atom is 0.126 e. The summed E-state index contributed by atoms with van der Waals surface area (Å²) in [4.78, 5) is 2.57. The highest BCUT2D eigenvalue weighted by molar-refractivity contribution is 5.37. The fraction of sp³-hybridized carbons (Fsp3) is 0.667. The molecular formula is C18H27FN2O. The maximum atomic E-state index is 13.6. The normalized spacial score (nSPS) is 22.5. The summed E-state index contributed by atoms with van der Waals surface area (Å²) in [6.07, 6.45) is 6.53. The molecule has 0 amide bonds. The number of rotatable bonds is 4. The third-order valence-electron chi connectivity index (χ3n) is 5.16. The van der Waals surface area contributed by atoms with Crippen molar-refractivity contribution < 1.29 is 9.13 Å². The Labute approximate surface area is 132 Å². The lowest BCUT2D eigenvalue weighted by Crippen LogP contribution is -2.47. The van der Waals surface area contributed by atoms with Crippen LogP contribution in [0, 0.1) is 11.7 Å². The molecule has 0 radical (unpaired) electrons. The Morgan fingerprint density at radius 3 is 2.59 bits per heavy atom. The first-order valence-corrected chi connectivity index (χ1v) is 8.58. The zero-order valence-corrected chi connectivity index (χ0v) is 13.5. The van der Waals surface area contributed by atoms with Crippen molar-refractivity contribution in [2.24, 2.45) is 5.92 Å². The lowest BCUT2D eigenvalue weighted by atomic mass is 9.80. The fourth-order valence-corrected chi connectivity index (χ4v) is 4.09. The van der Waals surface area contributed by atoms with E-state index in [2.05, 4.69) is 10.2 Å². The summed E-state index contributed by atoms with van der Waals surface area (Å²) in [7, 11) is 1.65. The molecular weight excluding hydrogens is 279 g/mol. The minimum atomic E-state index is -0.219. The van der Waals surface area contributed by atoms with Crippen LogP contribution in [0.2, 0.25) is 0 Å². The summed E-state index contributed by atoms with van der Waals surface area (Å²) in [5, 5.41) is 3.43. The van der Waals surface area contributed by atoms with Gasteiger partial charge in [0.05, 0.1) is 7.11 Å². The average Bonchev–Trinajstić information content (AvgIpc) is 2.58. The van der Waals surface area contributed by atoms with Gasteiger partial charge < -0.3 is 10.1 Å². The van der Waals surface area contributed by atoms with Crippen LogP contribution in [-0.2, 0) is 0 Å². The third kappa shape index (κ3) is 3.44. The van der Waals surface area contributed by atoms with E-state index in [1.807, 2.05) is 6.07 Å².